The lowest BCUT2D eigenvalue weighted by molar-refractivity contribution is 0.670. The molecule has 0 fully saturated rings. The third-order valence-electron chi connectivity index (χ3n) is 4.00. The minimum Gasteiger partial charge on any atom is -0.255 e. The summed E-state index contributed by atoms with van der Waals surface area (Å²) in [5.41, 5.74) is 1.12. The monoisotopic (exact) mass is 362 g/mol. The fraction of sp³-hybridized carbons (Fsp3) is 0.368. The van der Waals surface area contributed by atoms with E-state index in [2.05, 4.69) is 25.1 Å². The molecular formula is C19H22OS3. The lowest BCUT2D eigenvalue weighted by atomic mass is 10.1. The van der Waals surface area contributed by atoms with Gasteiger partial charge in [0.2, 0.25) is 0 Å². The molecule has 0 bridgehead atoms. The molecule has 1 atom stereocenters. The van der Waals surface area contributed by atoms with E-state index < -0.39 is 10.8 Å². The first-order valence-electron chi connectivity index (χ1n) is 8.14. The van der Waals surface area contributed by atoms with Crippen LogP contribution >= 0.6 is 22.7 Å². The molecule has 23 heavy (non-hydrogen) atoms. The van der Waals surface area contributed by atoms with Gasteiger partial charge >= 0.3 is 0 Å². The molecule has 2 heterocycles. The standard InChI is InChI=1S/C19H22OS3/c1-3-4-5-6-9-14-12-17-18(21-14)13-16(22-17)15-10-7-8-11-19(15)23(2)20/h7-8,10-13H,3-6,9H2,1-2H3. The molecule has 4 heteroatoms. The lowest BCUT2D eigenvalue weighted by Crippen LogP contribution is -1.89. The zero-order valence-electron chi connectivity index (χ0n) is 13.6. The molecule has 1 unspecified atom stereocenters. The van der Waals surface area contributed by atoms with Crippen LogP contribution in [0.5, 0.6) is 0 Å². The summed E-state index contributed by atoms with van der Waals surface area (Å²) in [7, 11) is -0.951. The van der Waals surface area contributed by atoms with Gasteiger partial charge in [-0.05, 0) is 31.0 Å². The summed E-state index contributed by atoms with van der Waals surface area (Å²) in [6.07, 6.45) is 8.23. The van der Waals surface area contributed by atoms with Crippen LogP contribution in [0.4, 0.5) is 0 Å². The average molecular weight is 363 g/mol. The Morgan fingerprint density at radius 2 is 1.78 bits per heavy atom. The third-order valence-corrected chi connectivity index (χ3v) is 7.36. The van der Waals surface area contributed by atoms with Gasteiger partial charge < -0.3 is 0 Å². The Morgan fingerprint density at radius 1 is 1.00 bits per heavy atom. The summed E-state index contributed by atoms with van der Waals surface area (Å²) >= 11 is 3.74. The highest BCUT2D eigenvalue weighted by Crippen LogP contribution is 2.40. The molecule has 1 nitrogen and oxygen atoms in total. The second-order valence-corrected chi connectivity index (χ2v) is 9.41. The smallest absolute Gasteiger partial charge is 0.0504 e. The molecule has 0 radical (unpaired) electrons. The Hall–Kier alpha value is -0.970. The zero-order chi connectivity index (χ0) is 16.2. The average Bonchev–Trinajstić information content (AvgIpc) is 3.10. The molecule has 1 aromatic carbocycles. The zero-order valence-corrected chi connectivity index (χ0v) is 16.1. The van der Waals surface area contributed by atoms with Gasteiger partial charge in [-0.1, -0.05) is 44.4 Å². The fourth-order valence-electron chi connectivity index (χ4n) is 2.79. The second kappa shape index (κ2) is 7.73. The van der Waals surface area contributed by atoms with Gasteiger partial charge in [-0.3, -0.25) is 4.21 Å². The van der Waals surface area contributed by atoms with Crippen LogP contribution in [-0.4, -0.2) is 10.5 Å². The summed E-state index contributed by atoms with van der Waals surface area (Å²) < 4.78 is 14.7. The maximum Gasteiger partial charge on any atom is 0.0504 e. The molecule has 0 amide bonds. The van der Waals surface area contributed by atoms with Crippen molar-refractivity contribution >= 4 is 42.9 Å². The van der Waals surface area contributed by atoms with Gasteiger partial charge in [-0.2, -0.15) is 0 Å². The summed E-state index contributed by atoms with van der Waals surface area (Å²) in [6, 6.07) is 12.7. The number of rotatable bonds is 7. The summed E-state index contributed by atoms with van der Waals surface area (Å²) in [4.78, 5) is 3.66. The molecule has 0 saturated heterocycles. The van der Waals surface area contributed by atoms with Crippen molar-refractivity contribution in [1.82, 2.24) is 0 Å². The van der Waals surface area contributed by atoms with Crippen LogP contribution in [0, 0.1) is 0 Å². The van der Waals surface area contributed by atoms with E-state index in [4.69, 9.17) is 0 Å². The second-order valence-electron chi connectivity index (χ2n) is 5.81. The Kier molecular flexibility index (Phi) is 5.67. The van der Waals surface area contributed by atoms with Crippen LogP contribution in [0.2, 0.25) is 0 Å². The molecule has 0 aliphatic carbocycles. The first-order chi connectivity index (χ1) is 11.2. The van der Waals surface area contributed by atoms with Gasteiger partial charge in [0.25, 0.3) is 0 Å². The molecule has 0 spiro atoms. The van der Waals surface area contributed by atoms with E-state index >= 15 is 0 Å². The fourth-order valence-corrected chi connectivity index (χ4v) is 6.11. The van der Waals surface area contributed by atoms with Gasteiger partial charge in [-0.15, -0.1) is 22.7 Å². The van der Waals surface area contributed by atoms with E-state index in [1.54, 1.807) is 6.26 Å². The van der Waals surface area contributed by atoms with E-state index in [9.17, 15) is 4.21 Å². The van der Waals surface area contributed by atoms with Crippen molar-refractivity contribution in [3.05, 3.63) is 41.3 Å². The molecule has 0 N–H and O–H groups in total. The van der Waals surface area contributed by atoms with Crippen molar-refractivity contribution < 1.29 is 4.21 Å². The number of thiophene rings is 2. The highest BCUT2D eigenvalue weighted by atomic mass is 32.2. The minimum atomic E-state index is -0.951. The van der Waals surface area contributed by atoms with Gasteiger partial charge in [0, 0.05) is 35.9 Å². The SMILES string of the molecule is CCCCCCc1cc2sc(-c3ccccc3S(C)=O)cc2s1. The largest absolute Gasteiger partial charge is 0.255 e. The highest BCUT2D eigenvalue weighted by Gasteiger charge is 2.12. The predicted molar refractivity (Wildman–Crippen MR) is 105 cm³/mol. The number of hydrogen-bond acceptors (Lipinski definition) is 3. The number of hydrogen-bond donors (Lipinski definition) is 0. The van der Waals surface area contributed by atoms with Gasteiger partial charge in [0.05, 0.1) is 10.8 Å². The Bertz CT molecular complexity index is 781. The van der Waals surface area contributed by atoms with Crippen molar-refractivity contribution in [2.24, 2.45) is 0 Å². The summed E-state index contributed by atoms with van der Waals surface area (Å²) in [5.74, 6) is 0. The quantitative estimate of drug-likeness (QED) is 0.439. The Labute approximate surface area is 148 Å². The molecule has 122 valence electrons. The van der Waals surface area contributed by atoms with Crippen molar-refractivity contribution in [3.8, 4) is 10.4 Å². The third kappa shape index (κ3) is 3.93. The molecule has 3 aromatic rings. The number of fused-ring (bicyclic) bond motifs is 1. The minimum absolute atomic E-state index is 0.932. The van der Waals surface area contributed by atoms with Crippen LogP contribution in [0.25, 0.3) is 19.8 Å². The van der Waals surface area contributed by atoms with Crippen LogP contribution in [-0.2, 0) is 17.2 Å². The number of aryl methyl sites for hydroxylation is 1. The number of unbranched alkanes of at least 4 members (excludes halogenated alkanes) is 3. The maximum atomic E-state index is 11.9. The maximum absolute atomic E-state index is 11.9. The van der Waals surface area contributed by atoms with Gasteiger partial charge in [0.1, 0.15) is 0 Å². The van der Waals surface area contributed by atoms with Crippen LogP contribution in [0.1, 0.15) is 37.5 Å². The first-order valence-corrected chi connectivity index (χ1v) is 11.3. The Balaban J connectivity index is 1.82. The van der Waals surface area contributed by atoms with Crippen molar-refractivity contribution in [3.63, 3.8) is 0 Å². The Morgan fingerprint density at radius 3 is 2.52 bits per heavy atom. The molecule has 2 aromatic heterocycles. The van der Waals surface area contributed by atoms with Gasteiger partial charge in [0.15, 0.2) is 0 Å². The molecular weight excluding hydrogens is 340 g/mol. The van der Waals surface area contributed by atoms with E-state index in [1.807, 2.05) is 40.9 Å². The molecule has 3 rings (SSSR count). The highest BCUT2D eigenvalue weighted by molar-refractivity contribution is 7.84. The molecule has 0 aliphatic rings. The normalized spacial score (nSPS) is 12.8. The summed E-state index contributed by atoms with van der Waals surface area (Å²) in [6.45, 7) is 2.25. The van der Waals surface area contributed by atoms with Crippen molar-refractivity contribution in [2.75, 3.05) is 6.26 Å². The molecule has 0 saturated carbocycles. The lowest BCUT2D eigenvalue weighted by Gasteiger charge is -2.04. The number of benzene rings is 1. The first kappa shape index (κ1) is 16.9. The van der Waals surface area contributed by atoms with Crippen LogP contribution in [0.15, 0.2) is 41.3 Å². The van der Waals surface area contributed by atoms with E-state index in [0.717, 1.165) is 10.5 Å². The van der Waals surface area contributed by atoms with E-state index in [0.29, 0.717) is 0 Å². The van der Waals surface area contributed by atoms with Gasteiger partial charge in [-0.25, -0.2) is 0 Å². The van der Waals surface area contributed by atoms with E-state index in [-0.39, 0.29) is 0 Å². The van der Waals surface area contributed by atoms with Crippen molar-refractivity contribution in [2.45, 2.75) is 43.9 Å². The van der Waals surface area contributed by atoms with E-state index in [1.165, 1.54) is 51.3 Å². The topological polar surface area (TPSA) is 17.1 Å². The van der Waals surface area contributed by atoms with Crippen LogP contribution in [0.3, 0.4) is 0 Å². The summed E-state index contributed by atoms with van der Waals surface area (Å²) in [5, 5.41) is 0. The van der Waals surface area contributed by atoms with Crippen LogP contribution < -0.4 is 0 Å². The predicted octanol–water partition coefficient (Wildman–Crippen LogP) is 6.49. The molecule has 0 aliphatic heterocycles. The van der Waals surface area contributed by atoms with Crippen molar-refractivity contribution in [1.29, 1.82) is 0 Å².